The minimum atomic E-state index is -10.7. The predicted molar refractivity (Wildman–Crippen MR) is 60.6 cm³/mol. The Hall–Kier alpha value is -1.56. The van der Waals surface area contributed by atoms with Crippen molar-refractivity contribution in [3.8, 4) is 5.69 Å². The van der Waals surface area contributed by atoms with E-state index in [-0.39, 0.29) is 0 Å². The van der Waals surface area contributed by atoms with Crippen LogP contribution in [-0.4, -0.2) is 4.98 Å². The van der Waals surface area contributed by atoms with Crippen LogP contribution in [0.25, 0.3) is 5.69 Å². The third-order valence-electron chi connectivity index (χ3n) is 1.82. The van der Waals surface area contributed by atoms with Gasteiger partial charge in [0.05, 0.1) is 0 Å². The molecular weight excluding hydrogens is 293 g/mol. The second kappa shape index (κ2) is 4.23. The molecule has 1 N–H and O–H groups in total. The van der Waals surface area contributed by atoms with E-state index < -0.39 is 7.81 Å². The molecule has 2 rings (SSSR count). The summed E-state index contributed by atoms with van der Waals surface area (Å²) >= 11 is 0. The van der Waals surface area contributed by atoms with Crippen molar-refractivity contribution in [3.05, 3.63) is 48.5 Å². The first-order chi connectivity index (χ1) is 8.31. The van der Waals surface area contributed by atoms with E-state index in [2.05, 4.69) is 27.9 Å². The van der Waals surface area contributed by atoms with E-state index in [4.69, 9.17) is 0 Å². The fourth-order valence-electron chi connectivity index (χ4n) is 1.20. The molecule has 0 aliphatic rings. The van der Waals surface area contributed by atoms with Gasteiger partial charge in [-0.2, -0.15) is 0 Å². The van der Waals surface area contributed by atoms with Gasteiger partial charge in [0.2, 0.25) is 6.33 Å². The quantitative estimate of drug-likeness (QED) is 0.435. The van der Waals surface area contributed by atoms with Crippen molar-refractivity contribution >= 4 is 7.81 Å². The summed E-state index contributed by atoms with van der Waals surface area (Å²) in [4.78, 5) is 3.13. The second-order valence-electron chi connectivity index (χ2n) is 3.79. The van der Waals surface area contributed by atoms with Gasteiger partial charge in [0, 0.05) is 6.92 Å². The molecule has 9 heteroatoms. The van der Waals surface area contributed by atoms with Crippen LogP contribution >= 0.6 is 7.81 Å². The van der Waals surface area contributed by atoms with E-state index in [0.717, 1.165) is 0 Å². The van der Waals surface area contributed by atoms with Gasteiger partial charge in [-0.1, -0.05) is 18.2 Å². The van der Waals surface area contributed by atoms with Crippen molar-refractivity contribution in [1.29, 1.82) is 0 Å². The number of rotatable bonds is 1. The Morgan fingerprint density at radius 2 is 1.42 bits per heavy atom. The summed E-state index contributed by atoms with van der Waals surface area (Å²) in [6, 6.07) is 10.2. The van der Waals surface area contributed by atoms with Crippen LogP contribution in [0, 0.1) is 6.92 Å². The van der Waals surface area contributed by atoms with Gasteiger partial charge in [0.15, 0.2) is 0 Å². The van der Waals surface area contributed by atoms with E-state index in [9.17, 15) is 25.2 Å². The van der Waals surface area contributed by atoms with Crippen LogP contribution in [0.2, 0.25) is 0 Å². The van der Waals surface area contributed by atoms with Gasteiger partial charge >= 0.3 is 33.0 Å². The Bertz CT molecular complexity index is 534. The number of H-pyrrole nitrogens is 1. The van der Waals surface area contributed by atoms with Crippen molar-refractivity contribution in [1.82, 2.24) is 4.98 Å². The number of nitrogens with one attached hydrogen (secondary N) is 1. The molecule has 0 bridgehead atoms. The molecule has 0 unspecified atom stereocenters. The molecule has 0 radical (unpaired) electrons. The van der Waals surface area contributed by atoms with Crippen molar-refractivity contribution in [3.63, 3.8) is 0 Å². The molecule has 0 spiro atoms. The van der Waals surface area contributed by atoms with Crippen LogP contribution in [0.1, 0.15) is 5.69 Å². The molecular formula is C10H11F6N2P. The van der Waals surface area contributed by atoms with Crippen molar-refractivity contribution < 1.29 is 29.7 Å². The topological polar surface area (TPSA) is 19.7 Å². The van der Waals surface area contributed by atoms with Gasteiger partial charge in [-0.15, -0.1) is 0 Å². The first kappa shape index (κ1) is 15.5. The molecule has 2 aromatic rings. The number of aromatic nitrogens is 2. The maximum absolute atomic E-state index is 10.7. The number of benzene rings is 1. The van der Waals surface area contributed by atoms with Crippen LogP contribution in [0.4, 0.5) is 25.2 Å². The molecule has 108 valence electrons. The number of imidazole rings is 1. The summed E-state index contributed by atoms with van der Waals surface area (Å²) in [5.41, 5.74) is 2.35. The van der Waals surface area contributed by atoms with Gasteiger partial charge in [-0.3, -0.25) is 0 Å². The fourth-order valence-corrected chi connectivity index (χ4v) is 1.20. The number of aryl methyl sites for hydroxylation is 1. The van der Waals surface area contributed by atoms with Gasteiger partial charge in [-0.25, -0.2) is 9.55 Å². The first-order valence-corrected chi connectivity index (χ1v) is 7.02. The molecule has 0 fully saturated rings. The average molecular weight is 304 g/mol. The molecule has 19 heavy (non-hydrogen) atoms. The van der Waals surface area contributed by atoms with E-state index in [0.29, 0.717) is 0 Å². The molecule has 0 saturated heterocycles. The predicted octanol–water partition coefficient (Wildman–Crippen LogP) is 4.98. The Labute approximate surface area is 104 Å². The van der Waals surface area contributed by atoms with Gasteiger partial charge < -0.3 is 0 Å². The van der Waals surface area contributed by atoms with Crippen LogP contribution in [0.15, 0.2) is 42.9 Å². The summed E-state index contributed by atoms with van der Waals surface area (Å²) in [7, 11) is -10.7. The molecule has 2 nitrogen and oxygen atoms in total. The SMILES string of the molecule is Cc1c[n+](-c2ccccc2)c[nH]1.F[P-](F)(F)(F)(F)F. The van der Waals surface area contributed by atoms with E-state index in [1.165, 1.54) is 11.4 Å². The zero-order chi connectivity index (χ0) is 14.8. The summed E-state index contributed by atoms with van der Waals surface area (Å²) < 4.78 is 61.3. The summed E-state index contributed by atoms with van der Waals surface area (Å²) in [5, 5.41) is 0. The molecule has 0 aliphatic heterocycles. The van der Waals surface area contributed by atoms with Crippen LogP contribution in [0.5, 0.6) is 0 Å². The fraction of sp³-hybridized carbons (Fsp3) is 0.100. The minimum absolute atomic E-state index is 1.17. The Balaban J connectivity index is 0.000000224. The number of para-hydroxylation sites is 1. The van der Waals surface area contributed by atoms with Crippen molar-refractivity contribution in [2.45, 2.75) is 6.92 Å². The molecule has 1 aromatic heterocycles. The van der Waals surface area contributed by atoms with Crippen LogP contribution in [0.3, 0.4) is 0 Å². The monoisotopic (exact) mass is 304 g/mol. The van der Waals surface area contributed by atoms with Gasteiger partial charge in [0.1, 0.15) is 17.6 Å². The molecule has 0 saturated carbocycles. The number of hydrogen-bond acceptors (Lipinski definition) is 0. The van der Waals surface area contributed by atoms with E-state index in [1.54, 1.807) is 0 Å². The summed E-state index contributed by atoms with van der Waals surface area (Å²) in [5.74, 6) is 0. The molecule has 1 aromatic carbocycles. The third-order valence-corrected chi connectivity index (χ3v) is 1.82. The first-order valence-electron chi connectivity index (χ1n) is 4.99. The molecule has 1 heterocycles. The Kier molecular flexibility index (Phi) is 3.45. The second-order valence-corrected chi connectivity index (χ2v) is 5.70. The molecule has 0 amide bonds. The summed E-state index contributed by atoms with van der Waals surface area (Å²) in [6.07, 6.45) is 4.01. The number of aromatic amines is 1. The van der Waals surface area contributed by atoms with E-state index in [1.807, 2.05) is 31.5 Å². The summed E-state index contributed by atoms with van der Waals surface area (Å²) in [6.45, 7) is 2.04. The number of halogens is 6. The normalized spacial score (nSPS) is 14.9. The van der Waals surface area contributed by atoms with Gasteiger partial charge in [-0.05, 0) is 12.1 Å². The maximum atomic E-state index is 9.87. The Morgan fingerprint density at radius 1 is 0.947 bits per heavy atom. The van der Waals surface area contributed by atoms with Crippen molar-refractivity contribution in [2.24, 2.45) is 0 Å². The Morgan fingerprint density at radius 3 is 1.79 bits per heavy atom. The number of nitrogens with zero attached hydrogens (tertiary/aromatic N) is 1. The van der Waals surface area contributed by atoms with Gasteiger partial charge in [0.25, 0.3) is 0 Å². The molecule has 0 atom stereocenters. The zero-order valence-corrected chi connectivity index (χ0v) is 10.6. The number of hydrogen-bond donors (Lipinski definition) is 1. The van der Waals surface area contributed by atoms with Crippen molar-refractivity contribution in [2.75, 3.05) is 0 Å². The van der Waals surface area contributed by atoms with E-state index >= 15 is 0 Å². The third kappa shape index (κ3) is 9.07. The van der Waals surface area contributed by atoms with Crippen LogP contribution in [-0.2, 0) is 0 Å². The average Bonchev–Trinajstić information content (AvgIpc) is 2.61. The zero-order valence-electron chi connectivity index (χ0n) is 9.70. The van der Waals surface area contributed by atoms with Crippen LogP contribution < -0.4 is 4.57 Å². The standard InChI is InChI=1S/C10H10N2.F6P/c1-9-7-12(8-11-9)10-5-3-2-4-6-10;1-7(2,3,4,5)6/h2-8H,1H3;/q;-1/p+1. The molecule has 0 aliphatic carbocycles.